The van der Waals surface area contributed by atoms with Crippen LogP contribution >= 0.6 is 0 Å². The lowest BCUT2D eigenvalue weighted by Crippen LogP contribution is -2.50. The molecular formula is C23H28F2N4O4S. The van der Waals surface area contributed by atoms with E-state index in [1.807, 2.05) is 16.1 Å². The minimum absolute atomic E-state index is 0.218. The zero-order valence-electron chi connectivity index (χ0n) is 19.1. The van der Waals surface area contributed by atoms with Crippen LogP contribution in [-0.2, 0) is 20.5 Å². The van der Waals surface area contributed by atoms with Gasteiger partial charge in [-0.25, -0.2) is 17.3 Å². The minimum atomic E-state index is -1.05. The lowest BCUT2D eigenvalue weighted by Gasteiger charge is -2.40. The highest BCUT2D eigenvalue weighted by atomic mass is 32.2. The Bertz CT molecular complexity index is 1110. The van der Waals surface area contributed by atoms with E-state index in [-0.39, 0.29) is 5.91 Å². The van der Waals surface area contributed by atoms with Gasteiger partial charge in [-0.05, 0) is 6.07 Å². The number of pyridine rings is 1. The summed E-state index contributed by atoms with van der Waals surface area (Å²) < 4.78 is 53.9. The Labute approximate surface area is 199 Å². The van der Waals surface area contributed by atoms with Crippen LogP contribution in [0.15, 0.2) is 18.3 Å². The van der Waals surface area contributed by atoms with E-state index in [1.54, 1.807) is 4.90 Å². The van der Waals surface area contributed by atoms with E-state index in [9.17, 15) is 17.8 Å². The van der Waals surface area contributed by atoms with Crippen molar-refractivity contribution in [3.8, 4) is 0 Å². The van der Waals surface area contributed by atoms with Crippen molar-refractivity contribution in [2.24, 2.45) is 0 Å². The van der Waals surface area contributed by atoms with Crippen molar-refractivity contribution in [2.45, 2.75) is 25.6 Å². The van der Waals surface area contributed by atoms with E-state index in [0.717, 1.165) is 12.1 Å². The van der Waals surface area contributed by atoms with E-state index in [1.165, 1.54) is 6.20 Å². The maximum Gasteiger partial charge on any atom is 0.257 e. The van der Waals surface area contributed by atoms with Crippen LogP contribution in [0, 0.1) is 11.6 Å². The largest absolute Gasteiger partial charge is 0.370 e. The number of halogens is 2. The van der Waals surface area contributed by atoms with Crippen molar-refractivity contribution in [1.82, 2.24) is 14.2 Å². The van der Waals surface area contributed by atoms with Gasteiger partial charge in [-0.3, -0.25) is 9.78 Å². The van der Waals surface area contributed by atoms with Gasteiger partial charge in [0, 0.05) is 75.5 Å². The Balaban J connectivity index is 1.47. The third-order valence-corrected chi connectivity index (χ3v) is 8.26. The topological polar surface area (TPSA) is 75.2 Å². The first-order valence-corrected chi connectivity index (χ1v) is 12.9. The second kappa shape index (κ2) is 9.44. The molecule has 3 aliphatic rings. The van der Waals surface area contributed by atoms with Gasteiger partial charge in [0.25, 0.3) is 5.91 Å². The summed E-state index contributed by atoms with van der Waals surface area (Å²) in [7, 11) is -1.05. The molecule has 1 spiro atoms. The molecule has 0 bridgehead atoms. The number of aromatic nitrogens is 1. The van der Waals surface area contributed by atoms with Crippen LogP contribution in [0.4, 0.5) is 14.5 Å². The number of hydrogen-bond acceptors (Lipinski definition) is 6. The number of carbonyl (C=O) groups is 1. The molecule has 0 radical (unpaired) electrons. The predicted octanol–water partition coefficient (Wildman–Crippen LogP) is 2.30. The Hall–Kier alpha value is -2.21. The molecule has 3 saturated heterocycles. The zero-order valence-corrected chi connectivity index (χ0v) is 19.9. The summed E-state index contributed by atoms with van der Waals surface area (Å²) in [6.07, 6.45) is 2.67. The molecule has 0 aliphatic carbocycles. The number of piperazine rings is 1. The monoisotopic (exact) mass is 494 g/mol. The van der Waals surface area contributed by atoms with Crippen LogP contribution in [-0.4, -0.2) is 88.3 Å². The van der Waals surface area contributed by atoms with Gasteiger partial charge >= 0.3 is 0 Å². The van der Waals surface area contributed by atoms with Crippen molar-refractivity contribution in [2.75, 3.05) is 63.1 Å². The van der Waals surface area contributed by atoms with Crippen LogP contribution in [0.25, 0.3) is 10.9 Å². The molecule has 2 aromatic rings. The van der Waals surface area contributed by atoms with Crippen molar-refractivity contribution in [3.05, 3.63) is 35.5 Å². The maximum absolute atomic E-state index is 14.3. The van der Waals surface area contributed by atoms with Crippen LogP contribution in [0.1, 0.15) is 30.1 Å². The van der Waals surface area contributed by atoms with Gasteiger partial charge in [-0.1, -0.05) is 6.92 Å². The number of carbonyl (C=O) groups excluding carboxylic acids is 1. The third kappa shape index (κ3) is 4.30. The fourth-order valence-corrected chi connectivity index (χ4v) is 5.91. The van der Waals surface area contributed by atoms with Crippen molar-refractivity contribution >= 4 is 33.5 Å². The molecule has 0 saturated carbocycles. The number of piperidine rings is 1. The van der Waals surface area contributed by atoms with Gasteiger partial charge in [0.1, 0.15) is 0 Å². The molecule has 0 N–H and O–H groups in total. The molecule has 11 heteroatoms. The second-order valence-electron chi connectivity index (χ2n) is 8.73. The molecule has 1 unspecified atom stereocenters. The Morgan fingerprint density at radius 1 is 1.06 bits per heavy atom. The van der Waals surface area contributed by atoms with Gasteiger partial charge in [0.2, 0.25) is 0 Å². The highest BCUT2D eigenvalue weighted by Gasteiger charge is 2.41. The predicted molar refractivity (Wildman–Crippen MR) is 124 cm³/mol. The van der Waals surface area contributed by atoms with E-state index in [4.69, 9.17) is 9.47 Å². The molecule has 1 aromatic heterocycles. The average Bonchev–Trinajstić information content (AvgIpc) is 3.32. The fourth-order valence-electron chi connectivity index (χ4n) is 4.97. The van der Waals surface area contributed by atoms with Crippen LogP contribution in [0.2, 0.25) is 0 Å². The van der Waals surface area contributed by atoms with Gasteiger partial charge in [-0.15, -0.1) is 0 Å². The van der Waals surface area contributed by atoms with Crippen molar-refractivity contribution < 1.29 is 27.3 Å². The van der Waals surface area contributed by atoms with Gasteiger partial charge < -0.3 is 19.3 Å². The van der Waals surface area contributed by atoms with Crippen LogP contribution < -0.4 is 4.90 Å². The van der Waals surface area contributed by atoms with Gasteiger partial charge in [0.15, 0.2) is 17.4 Å². The van der Waals surface area contributed by atoms with Crippen molar-refractivity contribution in [3.63, 3.8) is 0 Å². The molecule has 3 aliphatic heterocycles. The standard InChI is InChI=1S/C23H28F2N4O4S/c1-2-34(31)29-9-7-28(8-10-29)22(30)17-15-26-20-14-19(25)18(24)13-16(20)21(17)27-5-3-23(4-6-27)32-11-12-33-23/h13-15H,2-12H2,1H3. The molecule has 5 rings (SSSR count). The number of rotatable bonds is 4. The maximum atomic E-state index is 14.3. The summed E-state index contributed by atoms with van der Waals surface area (Å²) in [5, 5.41) is 0.402. The average molecular weight is 495 g/mol. The van der Waals surface area contributed by atoms with E-state index >= 15 is 0 Å². The van der Waals surface area contributed by atoms with Crippen LogP contribution in [0.3, 0.4) is 0 Å². The molecule has 1 amide bonds. The quantitative estimate of drug-likeness (QED) is 0.650. The van der Waals surface area contributed by atoms with Gasteiger partial charge in [-0.2, -0.15) is 0 Å². The number of nitrogens with zero attached hydrogens (tertiary/aromatic N) is 4. The molecule has 1 atom stereocenters. The number of fused-ring (bicyclic) bond motifs is 1. The first-order chi connectivity index (χ1) is 16.4. The smallest absolute Gasteiger partial charge is 0.257 e. The summed E-state index contributed by atoms with van der Waals surface area (Å²) >= 11 is 0. The van der Waals surface area contributed by atoms with E-state index in [2.05, 4.69) is 4.98 Å². The van der Waals surface area contributed by atoms with Gasteiger partial charge in [0.05, 0.1) is 41.0 Å². The summed E-state index contributed by atoms with van der Waals surface area (Å²) in [5.41, 5.74) is 1.20. The zero-order chi connectivity index (χ0) is 23.9. The number of anilines is 1. The highest BCUT2D eigenvalue weighted by Crippen LogP contribution is 2.38. The molecule has 8 nitrogen and oxygen atoms in total. The molecule has 184 valence electrons. The number of hydrogen-bond donors (Lipinski definition) is 0. The molecular weight excluding hydrogens is 466 g/mol. The highest BCUT2D eigenvalue weighted by molar-refractivity contribution is 7.82. The summed E-state index contributed by atoms with van der Waals surface area (Å²) in [6, 6.07) is 2.19. The second-order valence-corrected chi connectivity index (χ2v) is 10.5. The van der Waals surface area contributed by atoms with E-state index in [0.29, 0.717) is 93.2 Å². The summed E-state index contributed by atoms with van der Waals surface area (Å²) in [5.74, 6) is -2.24. The first kappa shape index (κ1) is 23.5. The minimum Gasteiger partial charge on any atom is -0.370 e. The molecule has 1 aromatic carbocycles. The number of amides is 1. The molecule has 4 heterocycles. The normalized spacial score (nSPS) is 22.0. The fraction of sp³-hybridized carbons (Fsp3) is 0.565. The van der Waals surface area contributed by atoms with Crippen molar-refractivity contribution in [1.29, 1.82) is 0 Å². The Kier molecular flexibility index (Phi) is 6.54. The first-order valence-electron chi connectivity index (χ1n) is 11.6. The Morgan fingerprint density at radius 3 is 2.35 bits per heavy atom. The SMILES string of the molecule is CCS(=O)N1CCN(C(=O)c2cnc3cc(F)c(F)cc3c2N2CCC3(CC2)OCCO3)CC1. The number of ether oxygens (including phenoxy) is 2. The Morgan fingerprint density at radius 2 is 1.71 bits per heavy atom. The lowest BCUT2D eigenvalue weighted by atomic mass is 9.99. The van der Waals surface area contributed by atoms with Crippen LogP contribution in [0.5, 0.6) is 0 Å². The number of benzene rings is 1. The summed E-state index contributed by atoms with van der Waals surface area (Å²) in [6.45, 7) is 5.97. The van der Waals surface area contributed by atoms with E-state index < -0.39 is 28.4 Å². The lowest BCUT2D eigenvalue weighted by molar-refractivity contribution is -0.169. The molecule has 3 fully saturated rings. The summed E-state index contributed by atoms with van der Waals surface area (Å²) in [4.78, 5) is 21.6. The third-order valence-electron chi connectivity index (χ3n) is 6.83. The molecule has 34 heavy (non-hydrogen) atoms.